The predicted octanol–water partition coefficient (Wildman–Crippen LogP) is 4.82. The van der Waals surface area contributed by atoms with E-state index in [2.05, 4.69) is 23.3 Å². The molecule has 5 heteroatoms. The summed E-state index contributed by atoms with van der Waals surface area (Å²) in [4.78, 5) is 16.7. The number of hydrogen-bond donors (Lipinski definition) is 1. The Morgan fingerprint density at radius 2 is 2.05 bits per heavy atom. The van der Waals surface area contributed by atoms with Gasteiger partial charge in [0.05, 0.1) is 10.2 Å². The normalized spacial score (nSPS) is 10.8. The van der Waals surface area contributed by atoms with Gasteiger partial charge in [-0.05, 0) is 49.2 Å². The highest BCUT2D eigenvalue weighted by molar-refractivity contribution is 7.22. The fraction of sp³-hybridized carbons (Fsp3) is 0.125. The van der Waals surface area contributed by atoms with Crippen molar-refractivity contribution in [2.24, 2.45) is 0 Å². The van der Waals surface area contributed by atoms with Crippen LogP contribution in [0.3, 0.4) is 0 Å². The number of thiazole rings is 1. The van der Waals surface area contributed by atoms with E-state index in [0.717, 1.165) is 15.8 Å². The van der Waals surface area contributed by atoms with E-state index in [4.69, 9.17) is 11.6 Å². The molecule has 1 aromatic heterocycles. The van der Waals surface area contributed by atoms with Gasteiger partial charge in [-0.3, -0.25) is 10.1 Å². The summed E-state index contributed by atoms with van der Waals surface area (Å²) in [6.45, 7) is 4.10. The van der Waals surface area contributed by atoms with E-state index in [-0.39, 0.29) is 5.91 Å². The number of nitrogens with one attached hydrogen (secondary N) is 1. The van der Waals surface area contributed by atoms with Crippen LogP contribution < -0.4 is 5.32 Å². The molecule has 2 aromatic carbocycles. The SMILES string of the molecule is Cc1ccc2sc(NC(=O)c3cccc(Cl)c3)nc2c1C. The maximum absolute atomic E-state index is 12.2. The zero-order chi connectivity index (χ0) is 15.0. The number of hydrogen-bond acceptors (Lipinski definition) is 3. The van der Waals surface area contributed by atoms with Gasteiger partial charge in [-0.1, -0.05) is 35.1 Å². The largest absolute Gasteiger partial charge is 0.298 e. The molecule has 0 unspecified atom stereocenters. The van der Waals surface area contributed by atoms with E-state index in [1.165, 1.54) is 16.9 Å². The van der Waals surface area contributed by atoms with Crippen LogP contribution in [0.1, 0.15) is 21.5 Å². The molecule has 0 aliphatic rings. The topological polar surface area (TPSA) is 42.0 Å². The van der Waals surface area contributed by atoms with Gasteiger partial charge >= 0.3 is 0 Å². The molecule has 106 valence electrons. The van der Waals surface area contributed by atoms with Crippen LogP contribution in [-0.2, 0) is 0 Å². The van der Waals surface area contributed by atoms with E-state index in [0.29, 0.717) is 15.7 Å². The first-order valence-electron chi connectivity index (χ1n) is 6.48. The Balaban J connectivity index is 1.91. The minimum absolute atomic E-state index is 0.203. The first kappa shape index (κ1) is 14.0. The summed E-state index contributed by atoms with van der Waals surface area (Å²) >= 11 is 7.37. The van der Waals surface area contributed by atoms with Gasteiger partial charge in [0.25, 0.3) is 5.91 Å². The molecular formula is C16H13ClN2OS. The van der Waals surface area contributed by atoms with E-state index in [1.807, 2.05) is 13.0 Å². The third-order valence-electron chi connectivity index (χ3n) is 3.39. The van der Waals surface area contributed by atoms with Gasteiger partial charge in [0, 0.05) is 10.6 Å². The number of anilines is 1. The highest BCUT2D eigenvalue weighted by Gasteiger charge is 2.12. The molecule has 0 bridgehead atoms. The molecule has 0 spiro atoms. The molecule has 3 nitrogen and oxygen atoms in total. The number of benzene rings is 2. The quantitative estimate of drug-likeness (QED) is 0.736. The number of carbonyl (C=O) groups is 1. The smallest absolute Gasteiger partial charge is 0.257 e. The molecule has 3 rings (SSSR count). The van der Waals surface area contributed by atoms with Crippen LogP contribution in [0, 0.1) is 13.8 Å². The van der Waals surface area contributed by atoms with Crippen LogP contribution in [0.15, 0.2) is 36.4 Å². The maximum atomic E-state index is 12.2. The molecule has 1 N–H and O–H groups in total. The van der Waals surface area contributed by atoms with Gasteiger partial charge < -0.3 is 0 Å². The highest BCUT2D eigenvalue weighted by Crippen LogP contribution is 2.29. The molecule has 0 atom stereocenters. The molecule has 1 heterocycles. The zero-order valence-corrected chi connectivity index (χ0v) is 13.2. The minimum Gasteiger partial charge on any atom is -0.298 e. The van der Waals surface area contributed by atoms with Crippen molar-refractivity contribution >= 4 is 44.2 Å². The van der Waals surface area contributed by atoms with Crippen molar-refractivity contribution in [2.75, 3.05) is 5.32 Å². The number of carbonyl (C=O) groups excluding carboxylic acids is 1. The monoisotopic (exact) mass is 316 g/mol. The zero-order valence-electron chi connectivity index (χ0n) is 11.6. The second kappa shape index (κ2) is 5.47. The summed E-state index contributed by atoms with van der Waals surface area (Å²) in [7, 11) is 0. The van der Waals surface area contributed by atoms with Gasteiger partial charge in [-0.25, -0.2) is 4.98 Å². The van der Waals surface area contributed by atoms with Crippen molar-refractivity contribution in [3.8, 4) is 0 Å². The number of amides is 1. The molecule has 0 aliphatic heterocycles. The predicted molar refractivity (Wildman–Crippen MR) is 88.5 cm³/mol. The third-order valence-corrected chi connectivity index (χ3v) is 4.56. The standard InChI is InChI=1S/C16H13ClN2OS/c1-9-6-7-13-14(10(9)2)18-16(21-13)19-15(20)11-4-3-5-12(17)8-11/h3-8H,1-2H3,(H,18,19,20). The fourth-order valence-corrected chi connectivity index (χ4v) is 3.19. The fourth-order valence-electron chi connectivity index (χ4n) is 2.08. The molecule has 1 amide bonds. The number of fused-ring (bicyclic) bond motifs is 1. The van der Waals surface area contributed by atoms with E-state index < -0.39 is 0 Å². The van der Waals surface area contributed by atoms with Gasteiger partial charge in [0.1, 0.15) is 0 Å². The lowest BCUT2D eigenvalue weighted by molar-refractivity contribution is 0.102. The first-order chi connectivity index (χ1) is 10.0. The van der Waals surface area contributed by atoms with E-state index in [9.17, 15) is 4.79 Å². The number of nitrogens with zero attached hydrogens (tertiary/aromatic N) is 1. The molecule has 0 aliphatic carbocycles. The van der Waals surface area contributed by atoms with Crippen molar-refractivity contribution in [3.05, 3.63) is 58.1 Å². The summed E-state index contributed by atoms with van der Waals surface area (Å²) in [6.07, 6.45) is 0. The molecule has 0 saturated carbocycles. The molecule has 3 aromatic rings. The Labute approximate surface area is 131 Å². The van der Waals surface area contributed by atoms with Crippen LogP contribution in [-0.4, -0.2) is 10.9 Å². The number of aryl methyl sites for hydroxylation is 2. The van der Waals surface area contributed by atoms with Gasteiger partial charge in [0.2, 0.25) is 0 Å². The number of aromatic nitrogens is 1. The Kier molecular flexibility index (Phi) is 3.66. The second-order valence-electron chi connectivity index (χ2n) is 4.84. The van der Waals surface area contributed by atoms with Gasteiger partial charge in [0.15, 0.2) is 5.13 Å². The van der Waals surface area contributed by atoms with E-state index in [1.54, 1.807) is 24.3 Å². The minimum atomic E-state index is -0.203. The van der Waals surface area contributed by atoms with Crippen molar-refractivity contribution < 1.29 is 4.79 Å². The number of rotatable bonds is 2. The maximum Gasteiger partial charge on any atom is 0.257 e. The lowest BCUT2D eigenvalue weighted by Gasteiger charge is -2.01. The lowest BCUT2D eigenvalue weighted by Crippen LogP contribution is -2.11. The van der Waals surface area contributed by atoms with Crippen LogP contribution in [0.2, 0.25) is 5.02 Å². The van der Waals surface area contributed by atoms with Crippen molar-refractivity contribution in [2.45, 2.75) is 13.8 Å². The Bertz CT molecular complexity index is 841. The van der Waals surface area contributed by atoms with Crippen LogP contribution in [0.4, 0.5) is 5.13 Å². The summed E-state index contributed by atoms with van der Waals surface area (Å²) in [6, 6.07) is 11.0. The van der Waals surface area contributed by atoms with Gasteiger partial charge in [-0.2, -0.15) is 0 Å². The summed E-state index contributed by atoms with van der Waals surface area (Å²) in [5.74, 6) is -0.203. The first-order valence-corrected chi connectivity index (χ1v) is 7.68. The average molecular weight is 317 g/mol. The second-order valence-corrected chi connectivity index (χ2v) is 6.30. The molecular weight excluding hydrogens is 304 g/mol. The van der Waals surface area contributed by atoms with Crippen LogP contribution in [0.25, 0.3) is 10.2 Å². The highest BCUT2D eigenvalue weighted by atomic mass is 35.5. The summed E-state index contributed by atoms with van der Waals surface area (Å²) < 4.78 is 1.07. The summed E-state index contributed by atoms with van der Waals surface area (Å²) in [5, 5.41) is 3.97. The van der Waals surface area contributed by atoms with Crippen molar-refractivity contribution in [1.29, 1.82) is 0 Å². The molecule has 21 heavy (non-hydrogen) atoms. The Morgan fingerprint density at radius 3 is 2.81 bits per heavy atom. The van der Waals surface area contributed by atoms with Gasteiger partial charge in [-0.15, -0.1) is 0 Å². The molecule has 0 saturated heterocycles. The van der Waals surface area contributed by atoms with Crippen molar-refractivity contribution in [1.82, 2.24) is 4.98 Å². The Hall–Kier alpha value is -1.91. The number of halogens is 1. The summed E-state index contributed by atoms with van der Waals surface area (Å²) in [5.41, 5.74) is 3.81. The average Bonchev–Trinajstić information content (AvgIpc) is 2.86. The van der Waals surface area contributed by atoms with E-state index >= 15 is 0 Å². The van der Waals surface area contributed by atoms with Crippen LogP contribution >= 0.6 is 22.9 Å². The Morgan fingerprint density at radius 1 is 1.24 bits per heavy atom. The molecule has 0 fully saturated rings. The van der Waals surface area contributed by atoms with Crippen LogP contribution in [0.5, 0.6) is 0 Å². The molecule has 0 radical (unpaired) electrons. The van der Waals surface area contributed by atoms with Crippen molar-refractivity contribution in [3.63, 3.8) is 0 Å². The lowest BCUT2D eigenvalue weighted by atomic mass is 10.1. The third kappa shape index (κ3) is 2.77.